The van der Waals surface area contributed by atoms with E-state index in [4.69, 9.17) is 16.2 Å². The van der Waals surface area contributed by atoms with Crippen molar-refractivity contribution in [1.29, 1.82) is 0 Å². The number of hydrogen-bond acceptors (Lipinski definition) is 3. The number of nitrogens with zero attached hydrogens (tertiary/aromatic N) is 1. The number of carbonyl (C=O) groups excluding carboxylic acids is 1. The summed E-state index contributed by atoms with van der Waals surface area (Å²) in [5.74, 6) is 5.11. The predicted molar refractivity (Wildman–Crippen MR) is 152 cm³/mol. The molecule has 0 bridgehead atoms. The quantitative estimate of drug-likeness (QED) is 0.143. The van der Waals surface area contributed by atoms with Gasteiger partial charge in [-0.25, -0.2) is 4.79 Å². The van der Waals surface area contributed by atoms with Crippen LogP contribution in [-0.4, -0.2) is 31.2 Å². The number of guanidine groups is 1. The molecule has 210 valence electrons. The van der Waals surface area contributed by atoms with Crippen LogP contribution >= 0.6 is 0 Å². The van der Waals surface area contributed by atoms with Crippen molar-refractivity contribution in [2.24, 2.45) is 62.8 Å². The summed E-state index contributed by atoms with van der Waals surface area (Å²) < 4.78 is 5.80. The fourth-order valence-electron chi connectivity index (χ4n) is 9.29. The number of alkyl carbamates (subject to hydrolysis) is 1. The van der Waals surface area contributed by atoms with Gasteiger partial charge in [0.15, 0.2) is 5.96 Å². The van der Waals surface area contributed by atoms with Crippen LogP contribution in [0.25, 0.3) is 0 Å². The lowest BCUT2D eigenvalue weighted by Crippen LogP contribution is -2.51. The minimum absolute atomic E-state index is 0.0321. The summed E-state index contributed by atoms with van der Waals surface area (Å²) >= 11 is 0. The van der Waals surface area contributed by atoms with Crippen LogP contribution < -0.4 is 16.8 Å². The molecule has 3 saturated carbocycles. The van der Waals surface area contributed by atoms with Crippen molar-refractivity contribution in [2.45, 2.75) is 111 Å². The Morgan fingerprint density at radius 2 is 1.89 bits per heavy atom. The standard InChI is InChI=1S/C31H54N4O2/c1-20(2)7-6-8-21(3)25-11-12-26-24-10-9-22-19-23(37-29(36)35-18-17-34-28(32)33)13-15-30(22,4)27(24)14-16-31(25,26)5/h9,20-21,23-27H,6-8,10-19H2,1-5H3,(H,35,36)(H4,32,33,34)/t21-,23+,24?,25-,26+,27+,30+,31?/m1/s1. The van der Waals surface area contributed by atoms with Crippen molar-refractivity contribution in [2.75, 3.05) is 13.1 Å². The van der Waals surface area contributed by atoms with Crippen LogP contribution in [0.2, 0.25) is 0 Å². The van der Waals surface area contributed by atoms with E-state index in [1.807, 2.05) is 0 Å². The second-order valence-electron chi connectivity index (χ2n) is 13.8. The average Bonchev–Trinajstić information content (AvgIpc) is 3.19. The first kappa shape index (κ1) is 28.3. The molecule has 5 N–H and O–H groups in total. The Kier molecular flexibility index (Phi) is 8.85. The summed E-state index contributed by atoms with van der Waals surface area (Å²) in [6, 6.07) is 0. The van der Waals surface area contributed by atoms with Crippen LogP contribution in [0.1, 0.15) is 105 Å². The highest BCUT2D eigenvalue weighted by molar-refractivity contribution is 5.75. The number of nitrogens with one attached hydrogen (secondary N) is 1. The van der Waals surface area contributed by atoms with Gasteiger partial charge in [-0.05, 0) is 91.3 Å². The molecule has 4 rings (SSSR count). The monoisotopic (exact) mass is 514 g/mol. The van der Waals surface area contributed by atoms with Gasteiger partial charge in [-0.1, -0.05) is 65.5 Å². The normalized spacial score (nSPS) is 37.6. The molecule has 2 unspecified atom stereocenters. The van der Waals surface area contributed by atoms with Crippen LogP contribution in [0.5, 0.6) is 0 Å². The number of amides is 1. The van der Waals surface area contributed by atoms with Gasteiger partial charge in [0.05, 0.1) is 6.54 Å². The third kappa shape index (κ3) is 5.98. The zero-order valence-electron chi connectivity index (χ0n) is 24.2. The van der Waals surface area contributed by atoms with Crippen LogP contribution in [-0.2, 0) is 4.74 Å². The topological polar surface area (TPSA) is 103 Å². The Morgan fingerprint density at radius 1 is 1.11 bits per heavy atom. The zero-order chi connectivity index (χ0) is 26.8. The van der Waals surface area contributed by atoms with E-state index in [0.717, 1.165) is 54.8 Å². The molecule has 0 aromatic heterocycles. The summed E-state index contributed by atoms with van der Waals surface area (Å²) in [5, 5.41) is 2.77. The van der Waals surface area contributed by atoms with Crippen molar-refractivity contribution >= 4 is 12.1 Å². The number of aliphatic imine (C=N–C) groups is 1. The first-order valence-electron chi connectivity index (χ1n) is 15.2. The van der Waals surface area contributed by atoms with Gasteiger partial charge in [0.25, 0.3) is 0 Å². The number of allylic oxidation sites excluding steroid dienone is 1. The van der Waals surface area contributed by atoms with E-state index in [-0.39, 0.29) is 23.6 Å². The van der Waals surface area contributed by atoms with E-state index in [1.54, 1.807) is 5.57 Å². The molecule has 37 heavy (non-hydrogen) atoms. The number of ether oxygens (including phenoxy) is 1. The molecular formula is C31H54N4O2. The van der Waals surface area contributed by atoms with E-state index < -0.39 is 0 Å². The maximum Gasteiger partial charge on any atom is 0.407 e. The Balaban J connectivity index is 1.36. The molecule has 0 aliphatic heterocycles. The number of nitrogens with two attached hydrogens (primary N) is 2. The smallest absolute Gasteiger partial charge is 0.407 e. The molecular weight excluding hydrogens is 460 g/mol. The van der Waals surface area contributed by atoms with Crippen molar-refractivity contribution in [3.63, 3.8) is 0 Å². The van der Waals surface area contributed by atoms with Gasteiger partial charge in [0, 0.05) is 13.0 Å². The lowest BCUT2D eigenvalue weighted by molar-refractivity contribution is -0.0581. The second kappa shape index (κ2) is 11.6. The van der Waals surface area contributed by atoms with E-state index in [1.165, 1.54) is 51.4 Å². The van der Waals surface area contributed by atoms with E-state index in [0.29, 0.717) is 18.5 Å². The minimum Gasteiger partial charge on any atom is -0.446 e. The second-order valence-corrected chi connectivity index (χ2v) is 13.8. The van der Waals surface area contributed by atoms with E-state index >= 15 is 0 Å². The Hall–Kier alpha value is -1.72. The van der Waals surface area contributed by atoms with Gasteiger partial charge in [-0.15, -0.1) is 0 Å². The fraction of sp³-hybridized carbons (Fsp3) is 0.871. The first-order chi connectivity index (χ1) is 17.5. The molecule has 0 aromatic carbocycles. The molecule has 8 atom stereocenters. The van der Waals surface area contributed by atoms with Gasteiger partial charge in [-0.3, -0.25) is 4.99 Å². The van der Waals surface area contributed by atoms with E-state index in [2.05, 4.69) is 51.0 Å². The number of carbonyl (C=O) groups is 1. The van der Waals surface area contributed by atoms with Crippen molar-refractivity contribution in [3.05, 3.63) is 11.6 Å². The molecule has 4 aliphatic carbocycles. The SMILES string of the molecule is CC(C)CCC[C@@H](C)[C@H]1CC[C@H]2C3CC=C4C[C@@H](OC(=O)NCCN=C(N)N)CC[C@]4(C)[C@H]3CCC12C. The van der Waals surface area contributed by atoms with Crippen LogP contribution in [0.4, 0.5) is 4.79 Å². The maximum absolute atomic E-state index is 12.3. The van der Waals surface area contributed by atoms with Gasteiger partial charge >= 0.3 is 6.09 Å². The summed E-state index contributed by atoms with van der Waals surface area (Å²) in [6.45, 7) is 13.2. The molecule has 6 nitrogen and oxygen atoms in total. The average molecular weight is 515 g/mol. The number of fused-ring (bicyclic) bond motifs is 5. The highest BCUT2D eigenvalue weighted by atomic mass is 16.6. The first-order valence-corrected chi connectivity index (χ1v) is 15.2. The van der Waals surface area contributed by atoms with Gasteiger partial charge in [0.1, 0.15) is 6.10 Å². The van der Waals surface area contributed by atoms with Gasteiger partial charge in [-0.2, -0.15) is 0 Å². The minimum atomic E-state index is -0.360. The summed E-state index contributed by atoms with van der Waals surface area (Å²) in [7, 11) is 0. The molecule has 0 spiro atoms. The van der Waals surface area contributed by atoms with Crippen molar-refractivity contribution in [1.82, 2.24) is 5.32 Å². The fourth-order valence-corrected chi connectivity index (χ4v) is 9.29. The molecule has 0 saturated heterocycles. The van der Waals surface area contributed by atoms with Crippen molar-refractivity contribution < 1.29 is 9.53 Å². The van der Waals surface area contributed by atoms with Crippen LogP contribution in [0.15, 0.2) is 16.6 Å². The van der Waals surface area contributed by atoms with Crippen molar-refractivity contribution in [3.8, 4) is 0 Å². The predicted octanol–water partition coefficient (Wildman–Crippen LogP) is 6.40. The molecule has 3 fully saturated rings. The molecule has 0 aromatic rings. The lowest BCUT2D eigenvalue weighted by Gasteiger charge is -2.58. The van der Waals surface area contributed by atoms with Crippen LogP contribution in [0, 0.1) is 46.3 Å². The Labute approximate surface area is 225 Å². The molecule has 4 aliphatic rings. The summed E-state index contributed by atoms with van der Waals surface area (Å²) in [5.41, 5.74) is 13.0. The lowest BCUT2D eigenvalue weighted by atomic mass is 9.47. The number of rotatable bonds is 9. The molecule has 6 heteroatoms. The third-order valence-corrected chi connectivity index (χ3v) is 11.2. The zero-order valence-corrected chi connectivity index (χ0v) is 24.2. The number of hydrogen-bond donors (Lipinski definition) is 3. The Morgan fingerprint density at radius 3 is 2.62 bits per heavy atom. The summed E-state index contributed by atoms with van der Waals surface area (Å²) in [6.07, 6.45) is 16.2. The largest absolute Gasteiger partial charge is 0.446 e. The molecule has 1 amide bonds. The van der Waals surface area contributed by atoms with E-state index in [9.17, 15) is 4.79 Å². The third-order valence-electron chi connectivity index (χ3n) is 11.2. The highest BCUT2D eigenvalue weighted by Crippen LogP contribution is 2.67. The Bertz CT molecular complexity index is 865. The molecule has 0 heterocycles. The van der Waals surface area contributed by atoms with Crippen LogP contribution in [0.3, 0.4) is 0 Å². The van der Waals surface area contributed by atoms with Gasteiger partial charge < -0.3 is 21.5 Å². The van der Waals surface area contributed by atoms with Gasteiger partial charge in [0.2, 0.25) is 0 Å². The molecule has 0 radical (unpaired) electrons. The highest BCUT2D eigenvalue weighted by Gasteiger charge is 2.59. The maximum atomic E-state index is 12.3. The summed E-state index contributed by atoms with van der Waals surface area (Å²) in [4.78, 5) is 16.2.